The minimum absolute atomic E-state index is 0.0544. The third-order valence-corrected chi connectivity index (χ3v) is 5.74. The summed E-state index contributed by atoms with van der Waals surface area (Å²) in [7, 11) is 1.52. The lowest BCUT2D eigenvalue weighted by atomic mass is 9.68. The summed E-state index contributed by atoms with van der Waals surface area (Å²) in [6.07, 6.45) is 0.0617. The molecule has 3 heterocycles. The standard InChI is InChI=1S/C16H16N4O5S/c1-18-14(22)16(13(21)17-15(18)26)7-9-6-10(20(23)24)2-3-11(9)19-4-5-25-8-12(16)19/h2-3,6,12H,4-5,7-8H2,1H3,(H,17,21,26)/t12-,16+/m0/s1. The monoisotopic (exact) mass is 376 g/mol. The number of anilines is 1. The highest BCUT2D eigenvalue weighted by Crippen LogP contribution is 2.45. The fourth-order valence-electron chi connectivity index (χ4n) is 4.06. The molecular formula is C16H16N4O5S. The van der Waals surface area contributed by atoms with E-state index in [1.807, 2.05) is 4.90 Å². The summed E-state index contributed by atoms with van der Waals surface area (Å²) < 4.78 is 5.57. The van der Waals surface area contributed by atoms with Crippen LogP contribution < -0.4 is 10.2 Å². The largest absolute Gasteiger partial charge is 0.377 e. The van der Waals surface area contributed by atoms with Crippen LogP contribution in [0.4, 0.5) is 11.4 Å². The van der Waals surface area contributed by atoms with E-state index in [0.717, 1.165) is 5.69 Å². The van der Waals surface area contributed by atoms with Gasteiger partial charge in [0.15, 0.2) is 10.5 Å². The first-order valence-electron chi connectivity index (χ1n) is 8.11. The molecule has 3 aliphatic heterocycles. The zero-order valence-electron chi connectivity index (χ0n) is 13.9. The molecule has 4 rings (SSSR count). The number of amides is 2. The van der Waals surface area contributed by atoms with Crippen LogP contribution in [0.2, 0.25) is 0 Å². The first kappa shape index (κ1) is 16.9. The van der Waals surface area contributed by atoms with Crippen molar-refractivity contribution in [1.29, 1.82) is 0 Å². The summed E-state index contributed by atoms with van der Waals surface area (Å²) in [5.41, 5.74) is -0.106. The predicted octanol–water partition coefficient (Wildman–Crippen LogP) is 0.216. The van der Waals surface area contributed by atoms with Crippen LogP contribution in [0.5, 0.6) is 0 Å². The van der Waals surface area contributed by atoms with Crippen LogP contribution in [0.1, 0.15) is 5.56 Å². The third kappa shape index (κ3) is 2.15. The summed E-state index contributed by atoms with van der Waals surface area (Å²) >= 11 is 5.05. The van der Waals surface area contributed by atoms with Gasteiger partial charge in [-0.3, -0.25) is 24.6 Å². The number of non-ortho nitro benzene ring substituents is 1. The van der Waals surface area contributed by atoms with Crippen molar-refractivity contribution in [3.63, 3.8) is 0 Å². The number of morpholine rings is 1. The molecule has 9 nitrogen and oxygen atoms in total. The smallest absolute Gasteiger partial charge is 0.269 e. The van der Waals surface area contributed by atoms with Gasteiger partial charge in [0.05, 0.1) is 24.2 Å². The molecule has 2 amide bonds. The highest BCUT2D eigenvalue weighted by molar-refractivity contribution is 7.80. The Balaban J connectivity index is 1.90. The molecule has 136 valence electrons. The van der Waals surface area contributed by atoms with E-state index in [4.69, 9.17) is 17.0 Å². The number of benzene rings is 1. The summed E-state index contributed by atoms with van der Waals surface area (Å²) in [4.78, 5) is 40.0. The van der Waals surface area contributed by atoms with E-state index in [2.05, 4.69) is 5.32 Å². The minimum Gasteiger partial charge on any atom is -0.377 e. The molecule has 2 atom stereocenters. The minimum atomic E-state index is -1.43. The quantitative estimate of drug-likeness (QED) is 0.323. The van der Waals surface area contributed by atoms with E-state index in [-0.39, 0.29) is 23.8 Å². The highest BCUT2D eigenvalue weighted by atomic mass is 32.1. The van der Waals surface area contributed by atoms with Gasteiger partial charge in [-0.25, -0.2) is 0 Å². The fourth-order valence-corrected chi connectivity index (χ4v) is 4.23. The van der Waals surface area contributed by atoms with E-state index < -0.39 is 28.2 Å². The van der Waals surface area contributed by atoms with Gasteiger partial charge in [0.2, 0.25) is 11.8 Å². The fraction of sp³-hybridized carbons (Fsp3) is 0.438. The summed E-state index contributed by atoms with van der Waals surface area (Å²) in [6.45, 7) is 1.16. The van der Waals surface area contributed by atoms with Crippen LogP contribution in [0.3, 0.4) is 0 Å². The number of carbonyl (C=O) groups excluding carboxylic acids is 2. The van der Waals surface area contributed by atoms with Gasteiger partial charge in [0.1, 0.15) is 0 Å². The molecule has 0 radical (unpaired) electrons. The zero-order chi connectivity index (χ0) is 18.6. The molecule has 0 unspecified atom stereocenters. The number of fused-ring (bicyclic) bond motifs is 4. The molecule has 1 aromatic carbocycles. The molecule has 26 heavy (non-hydrogen) atoms. The number of thiocarbonyl (C=S) groups is 1. The van der Waals surface area contributed by atoms with Gasteiger partial charge in [-0.1, -0.05) is 0 Å². The van der Waals surface area contributed by atoms with Crippen molar-refractivity contribution in [1.82, 2.24) is 10.2 Å². The van der Waals surface area contributed by atoms with E-state index in [9.17, 15) is 19.7 Å². The topological polar surface area (TPSA) is 105 Å². The van der Waals surface area contributed by atoms with E-state index >= 15 is 0 Å². The number of nitro benzene ring substituents is 1. The maximum Gasteiger partial charge on any atom is 0.269 e. The Morgan fingerprint density at radius 1 is 1.42 bits per heavy atom. The Bertz CT molecular complexity index is 859. The number of nitro groups is 1. The lowest BCUT2D eigenvalue weighted by Crippen LogP contribution is -2.73. The molecule has 3 aliphatic rings. The maximum absolute atomic E-state index is 13.2. The molecule has 0 aromatic heterocycles. The van der Waals surface area contributed by atoms with Crippen LogP contribution in [0.15, 0.2) is 18.2 Å². The average Bonchev–Trinajstić information content (AvgIpc) is 2.64. The molecule has 0 bridgehead atoms. The van der Waals surface area contributed by atoms with E-state index in [1.54, 1.807) is 6.07 Å². The van der Waals surface area contributed by atoms with Gasteiger partial charge in [0.25, 0.3) is 5.69 Å². The van der Waals surface area contributed by atoms with Crippen molar-refractivity contribution in [2.45, 2.75) is 12.5 Å². The molecular weight excluding hydrogens is 360 g/mol. The summed E-state index contributed by atoms with van der Waals surface area (Å²) in [6, 6.07) is 4.06. The molecule has 2 fully saturated rings. The third-order valence-electron chi connectivity index (χ3n) is 5.37. The Kier molecular flexibility index (Phi) is 3.70. The first-order chi connectivity index (χ1) is 12.4. The Morgan fingerprint density at radius 2 is 2.19 bits per heavy atom. The van der Waals surface area contributed by atoms with Crippen molar-refractivity contribution in [3.8, 4) is 0 Å². The Hall–Kier alpha value is -2.59. The summed E-state index contributed by atoms with van der Waals surface area (Å²) in [5, 5.41) is 13.8. The van der Waals surface area contributed by atoms with Crippen molar-refractivity contribution in [3.05, 3.63) is 33.9 Å². The number of nitrogens with zero attached hydrogens (tertiary/aromatic N) is 3. The van der Waals surface area contributed by atoms with E-state index in [0.29, 0.717) is 18.7 Å². The maximum atomic E-state index is 13.2. The van der Waals surface area contributed by atoms with Gasteiger partial charge in [0, 0.05) is 37.8 Å². The lowest BCUT2D eigenvalue weighted by Gasteiger charge is -2.53. The average molecular weight is 376 g/mol. The number of carbonyl (C=O) groups is 2. The first-order valence-corrected chi connectivity index (χ1v) is 8.52. The van der Waals surface area contributed by atoms with Crippen LogP contribution in [-0.4, -0.2) is 59.6 Å². The SMILES string of the molecule is CN1C(=O)[C@@]2(Cc3cc([N+](=O)[O-])ccc3N3CCOC[C@H]32)C(=O)NC1=S. The molecule has 1 aromatic rings. The lowest BCUT2D eigenvalue weighted by molar-refractivity contribution is -0.384. The van der Waals surface area contributed by atoms with Gasteiger partial charge < -0.3 is 15.0 Å². The molecule has 1 spiro atoms. The molecule has 0 saturated carbocycles. The Labute approximate surface area is 154 Å². The Morgan fingerprint density at radius 3 is 2.92 bits per heavy atom. The van der Waals surface area contributed by atoms with Crippen LogP contribution >= 0.6 is 12.2 Å². The van der Waals surface area contributed by atoms with Crippen LogP contribution in [0, 0.1) is 15.5 Å². The van der Waals surface area contributed by atoms with Crippen molar-refractivity contribution in [2.24, 2.45) is 5.41 Å². The summed E-state index contributed by atoms with van der Waals surface area (Å²) in [5.74, 6) is -0.896. The van der Waals surface area contributed by atoms with Crippen LogP contribution in [0.25, 0.3) is 0 Å². The second-order valence-corrected chi connectivity index (χ2v) is 7.01. The van der Waals surface area contributed by atoms with Crippen molar-refractivity contribution >= 4 is 40.5 Å². The predicted molar refractivity (Wildman–Crippen MR) is 94.7 cm³/mol. The molecule has 0 aliphatic carbocycles. The number of nitrogens with one attached hydrogen (secondary N) is 1. The second kappa shape index (κ2) is 5.71. The number of hydrogen-bond donors (Lipinski definition) is 1. The number of rotatable bonds is 1. The van der Waals surface area contributed by atoms with Gasteiger partial charge in [-0.15, -0.1) is 0 Å². The highest BCUT2D eigenvalue weighted by Gasteiger charge is 2.61. The normalized spacial score (nSPS) is 27.9. The zero-order valence-corrected chi connectivity index (χ0v) is 14.7. The van der Waals surface area contributed by atoms with Crippen molar-refractivity contribution in [2.75, 3.05) is 31.7 Å². The van der Waals surface area contributed by atoms with Gasteiger partial charge in [-0.05, 0) is 23.8 Å². The van der Waals surface area contributed by atoms with E-state index in [1.165, 1.54) is 24.1 Å². The molecule has 1 N–H and O–H groups in total. The second-order valence-electron chi connectivity index (χ2n) is 6.63. The van der Waals surface area contributed by atoms with Crippen LogP contribution in [-0.2, 0) is 20.7 Å². The number of ether oxygens (including phenoxy) is 1. The molecule has 10 heteroatoms. The molecule has 2 saturated heterocycles. The van der Waals surface area contributed by atoms with Gasteiger partial charge in [-0.2, -0.15) is 0 Å². The van der Waals surface area contributed by atoms with Gasteiger partial charge >= 0.3 is 0 Å². The van der Waals surface area contributed by atoms with Crippen molar-refractivity contribution < 1.29 is 19.2 Å². The number of hydrogen-bond acceptors (Lipinski definition) is 7.